The van der Waals surface area contributed by atoms with E-state index in [4.69, 9.17) is 4.74 Å². The van der Waals surface area contributed by atoms with Crippen LogP contribution in [0.15, 0.2) is 24.3 Å². The van der Waals surface area contributed by atoms with Crippen molar-refractivity contribution in [1.29, 1.82) is 0 Å². The van der Waals surface area contributed by atoms with Crippen molar-refractivity contribution in [2.75, 3.05) is 26.7 Å². The predicted octanol–water partition coefficient (Wildman–Crippen LogP) is 2.75. The maximum Gasteiger partial charge on any atom is 0.223 e. The molecule has 0 radical (unpaired) electrons. The van der Waals surface area contributed by atoms with Crippen molar-refractivity contribution in [2.45, 2.75) is 38.1 Å². The molecule has 2 fully saturated rings. The van der Waals surface area contributed by atoms with Crippen LogP contribution in [0.3, 0.4) is 0 Å². The fourth-order valence-corrected chi connectivity index (χ4v) is 3.20. The fourth-order valence-electron chi connectivity index (χ4n) is 3.20. The van der Waals surface area contributed by atoms with E-state index in [0.29, 0.717) is 6.54 Å². The monoisotopic (exact) mass is 302 g/mol. The van der Waals surface area contributed by atoms with E-state index in [1.807, 2.05) is 12.1 Å². The molecule has 1 aliphatic carbocycles. The third kappa shape index (κ3) is 3.80. The average molecular weight is 302 g/mol. The van der Waals surface area contributed by atoms with Crippen LogP contribution < -0.4 is 10.1 Å². The van der Waals surface area contributed by atoms with Crippen molar-refractivity contribution in [1.82, 2.24) is 10.2 Å². The lowest BCUT2D eigenvalue weighted by molar-refractivity contribution is -0.122. The van der Waals surface area contributed by atoms with Crippen LogP contribution in [0.25, 0.3) is 0 Å². The average Bonchev–Trinajstić information content (AvgIpc) is 3.41. The molecule has 3 rings (SSSR count). The first-order valence-electron chi connectivity index (χ1n) is 8.43. The highest BCUT2D eigenvalue weighted by Gasteiger charge is 2.30. The third-order valence-corrected chi connectivity index (χ3v) is 4.75. The molecule has 0 bridgehead atoms. The second-order valence-corrected chi connectivity index (χ2v) is 6.41. The van der Waals surface area contributed by atoms with E-state index in [1.165, 1.54) is 24.8 Å². The number of benzene rings is 1. The summed E-state index contributed by atoms with van der Waals surface area (Å²) in [7, 11) is 1.69. The molecule has 1 amide bonds. The lowest BCUT2D eigenvalue weighted by Gasteiger charge is -2.35. The van der Waals surface area contributed by atoms with Gasteiger partial charge in [-0.3, -0.25) is 9.69 Å². The van der Waals surface area contributed by atoms with Gasteiger partial charge in [-0.25, -0.2) is 0 Å². The summed E-state index contributed by atoms with van der Waals surface area (Å²) in [4.78, 5) is 14.5. The van der Waals surface area contributed by atoms with Crippen LogP contribution in [-0.4, -0.2) is 37.6 Å². The zero-order chi connectivity index (χ0) is 15.4. The molecule has 22 heavy (non-hydrogen) atoms. The second-order valence-electron chi connectivity index (χ2n) is 6.41. The van der Waals surface area contributed by atoms with Gasteiger partial charge in [0.25, 0.3) is 0 Å². The van der Waals surface area contributed by atoms with E-state index in [1.54, 1.807) is 7.11 Å². The zero-order valence-electron chi connectivity index (χ0n) is 13.4. The lowest BCUT2D eigenvalue weighted by Crippen LogP contribution is -2.41. The number of nitrogens with one attached hydrogen (secondary N) is 1. The summed E-state index contributed by atoms with van der Waals surface area (Å²) < 4.78 is 5.25. The number of ether oxygens (including phenoxy) is 1. The van der Waals surface area contributed by atoms with Gasteiger partial charge in [0.1, 0.15) is 5.75 Å². The minimum atomic E-state index is 0.232. The summed E-state index contributed by atoms with van der Waals surface area (Å²) in [6, 6.07) is 8.54. The molecular weight excluding hydrogens is 276 g/mol. The molecular formula is C18H26N2O2. The van der Waals surface area contributed by atoms with Crippen molar-refractivity contribution in [3.63, 3.8) is 0 Å². The van der Waals surface area contributed by atoms with Gasteiger partial charge in [0.05, 0.1) is 13.2 Å². The highest BCUT2D eigenvalue weighted by Crippen LogP contribution is 2.30. The molecule has 1 N–H and O–H groups in total. The number of carbonyl (C=O) groups is 1. The Bertz CT molecular complexity index is 490. The van der Waals surface area contributed by atoms with E-state index in [0.717, 1.165) is 31.7 Å². The van der Waals surface area contributed by atoms with Crippen LogP contribution in [0.4, 0.5) is 0 Å². The minimum absolute atomic E-state index is 0.232. The highest BCUT2D eigenvalue weighted by molar-refractivity contribution is 5.80. The predicted molar refractivity (Wildman–Crippen MR) is 86.9 cm³/mol. The Kier molecular flexibility index (Phi) is 4.98. The van der Waals surface area contributed by atoms with Crippen molar-refractivity contribution in [3.8, 4) is 5.75 Å². The Morgan fingerprint density at radius 1 is 1.23 bits per heavy atom. The van der Waals surface area contributed by atoms with Crippen molar-refractivity contribution >= 4 is 5.91 Å². The van der Waals surface area contributed by atoms with Crippen molar-refractivity contribution in [2.24, 2.45) is 5.92 Å². The van der Waals surface area contributed by atoms with Gasteiger partial charge in [-0.1, -0.05) is 18.6 Å². The third-order valence-electron chi connectivity index (χ3n) is 4.75. The number of rotatable bonds is 6. The first-order chi connectivity index (χ1) is 10.8. The van der Waals surface area contributed by atoms with Crippen LogP contribution in [-0.2, 0) is 4.79 Å². The van der Waals surface area contributed by atoms with Gasteiger partial charge < -0.3 is 10.1 Å². The molecule has 1 saturated carbocycles. The Labute approximate surface area is 132 Å². The quantitative estimate of drug-likeness (QED) is 0.878. The smallest absolute Gasteiger partial charge is 0.223 e. The van der Waals surface area contributed by atoms with E-state index in [2.05, 4.69) is 22.3 Å². The number of amides is 1. The first-order valence-corrected chi connectivity index (χ1v) is 8.43. The van der Waals surface area contributed by atoms with E-state index in [9.17, 15) is 4.79 Å². The standard InChI is InChI=1S/C18H26N2O2/c1-22-16-9-7-14(8-10-16)17(20-11-3-2-4-12-20)13-19-18(21)15-5-6-15/h7-10,15,17H,2-6,11-13H2,1H3,(H,19,21). The molecule has 120 valence electrons. The van der Waals surface area contributed by atoms with Crippen molar-refractivity contribution < 1.29 is 9.53 Å². The maximum absolute atomic E-state index is 12.0. The van der Waals surface area contributed by atoms with Gasteiger partial charge in [-0.05, 0) is 56.5 Å². The summed E-state index contributed by atoms with van der Waals surface area (Å²) in [6.45, 7) is 2.95. The topological polar surface area (TPSA) is 41.6 Å². The van der Waals surface area contributed by atoms with Crippen LogP contribution in [0.2, 0.25) is 0 Å². The van der Waals surface area contributed by atoms with E-state index >= 15 is 0 Å². The molecule has 4 nitrogen and oxygen atoms in total. The minimum Gasteiger partial charge on any atom is -0.497 e. The molecule has 0 aromatic heterocycles. The molecule has 1 aromatic rings. The van der Waals surface area contributed by atoms with Gasteiger partial charge in [0.2, 0.25) is 5.91 Å². The number of hydrogen-bond donors (Lipinski definition) is 1. The first kappa shape index (κ1) is 15.3. The Morgan fingerprint density at radius 2 is 1.91 bits per heavy atom. The number of likely N-dealkylation sites (tertiary alicyclic amines) is 1. The second kappa shape index (κ2) is 7.14. The molecule has 2 aliphatic rings. The van der Waals surface area contributed by atoms with Crippen LogP contribution in [0.5, 0.6) is 5.75 Å². The van der Waals surface area contributed by atoms with E-state index < -0.39 is 0 Å². The van der Waals surface area contributed by atoms with Gasteiger partial charge in [0.15, 0.2) is 0 Å². The van der Waals surface area contributed by atoms with Crippen LogP contribution >= 0.6 is 0 Å². The molecule has 1 saturated heterocycles. The van der Waals surface area contributed by atoms with Gasteiger partial charge in [0, 0.05) is 12.5 Å². The summed E-state index contributed by atoms with van der Waals surface area (Å²) in [5.41, 5.74) is 1.26. The molecule has 1 atom stereocenters. The molecule has 1 heterocycles. The fraction of sp³-hybridized carbons (Fsp3) is 0.611. The van der Waals surface area contributed by atoms with Crippen LogP contribution in [0, 0.1) is 5.92 Å². The van der Waals surface area contributed by atoms with Gasteiger partial charge in [-0.15, -0.1) is 0 Å². The molecule has 1 aliphatic heterocycles. The largest absolute Gasteiger partial charge is 0.497 e. The van der Waals surface area contributed by atoms with Crippen LogP contribution in [0.1, 0.15) is 43.7 Å². The zero-order valence-corrected chi connectivity index (χ0v) is 13.4. The Morgan fingerprint density at radius 3 is 2.50 bits per heavy atom. The lowest BCUT2D eigenvalue weighted by atomic mass is 10.0. The maximum atomic E-state index is 12.0. The van der Waals surface area contributed by atoms with Gasteiger partial charge >= 0.3 is 0 Å². The highest BCUT2D eigenvalue weighted by atomic mass is 16.5. The summed E-state index contributed by atoms with van der Waals surface area (Å²) >= 11 is 0. The summed E-state index contributed by atoms with van der Waals surface area (Å²) in [5, 5.41) is 3.16. The van der Waals surface area contributed by atoms with Crippen molar-refractivity contribution in [3.05, 3.63) is 29.8 Å². The summed E-state index contributed by atoms with van der Waals surface area (Å²) in [5.74, 6) is 1.39. The Balaban J connectivity index is 1.69. The van der Waals surface area contributed by atoms with Gasteiger partial charge in [-0.2, -0.15) is 0 Å². The number of methoxy groups -OCH3 is 1. The molecule has 4 heteroatoms. The number of carbonyl (C=O) groups excluding carboxylic acids is 1. The van der Waals surface area contributed by atoms with E-state index in [-0.39, 0.29) is 17.9 Å². The SMILES string of the molecule is COc1ccc(C(CNC(=O)C2CC2)N2CCCCC2)cc1. The Hall–Kier alpha value is -1.55. The number of piperidine rings is 1. The molecule has 1 aromatic carbocycles. The molecule has 0 spiro atoms. The number of hydrogen-bond acceptors (Lipinski definition) is 3. The normalized spacial score (nSPS) is 20.4. The summed E-state index contributed by atoms with van der Waals surface area (Å²) in [6.07, 6.45) is 5.94. The molecule has 1 unspecified atom stereocenters. The number of nitrogens with zero attached hydrogens (tertiary/aromatic N) is 1.